The number of hydrogen-bond acceptors (Lipinski definition) is 1. The van der Waals surface area contributed by atoms with E-state index in [1.54, 1.807) is 0 Å². The van der Waals surface area contributed by atoms with Crippen molar-refractivity contribution in [1.29, 1.82) is 0 Å². The van der Waals surface area contributed by atoms with Gasteiger partial charge in [0.2, 0.25) is 0 Å². The van der Waals surface area contributed by atoms with E-state index in [2.05, 4.69) is 18.0 Å². The van der Waals surface area contributed by atoms with E-state index in [4.69, 9.17) is 0 Å². The Morgan fingerprint density at radius 1 is 1.07 bits per heavy atom. The number of benzene rings is 1. The van der Waals surface area contributed by atoms with Crippen molar-refractivity contribution >= 4 is 11.9 Å². The highest BCUT2D eigenvalue weighted by Crippen LogP contribution is 2.23. The molecule has 1 aromatic rings. The molecular formula is C13H12N. The Morgan fingerprint density at radius 3 is 2.50 bits per heavy atom. The van der Waals surface area contributed by atoms with Gasteiger partial charge in [-0.1, -0.05) is 18.2 Å². The van der Waals surface area contributed by atoms with Crippen LogP contribution >= 0.6 is 0 Å². The Labute approximate surface area is 85.9 Å². The second kappa shape index (κ2) is 4.41. The van der Waals surface area contributed by atoms with E-state index in [9.17, 15) is 0 Å². The second-order valence-electron chi connectivity index (χ2n) is 3.26. The minimum absolute atomic E-state index is 1.04. The van der Waals surface area contributed by atoms with Gasteiger partial charge in [-0.3, -0.25) is 4.99 Å². The maximum Gasteiger partial charge on any atom is 0.0655 e. The van der Waals surface area contributed by atoms with Gasteiger partial charge in [-0.15, -0.1) is 0 Å². The standard InChI is InChI=1S/C13H12N/c1-11-6-2-5-9-13(11)14-10-12-7-3-4-8-12/h2-10H,1H3. The SMILES string of the molecule is Cc1ccccc1N=C[C]1[CH][CH][CH][CH]1. The summed E-state index contributed by atoms with van der Waals surface area (Å²) in [7, 11) is 0. The highest BCUT2D eigenvalue weighted by molar-refractivity contribution is 5.84. The van der Waals surface area contributed by atoms with Crippen molar-refractivity contribution in [3.63, 3.8) is 0 Å². The molecule has 0 aromatic heterocycles. The quantitative estimate of drug-likeness (QED) is 0.623. The van der Waals surface area contributed by atoms with Crippen LogP contribution < -0.4 is 0 Å². The Kier molecular flexibility index (Phi) is 2.97. The van der Waals surface area contributed by atoms with Crippen LogP contribution in [0, 0.1) is 38.5 Å². The Balaban J connectivity index is 2.06. The topological polar surface area (TPSA) is 12.4 Å². The van der Waals surface area contributed by atoms with Crippen molar-refractivity contribution in [3.05, 3.63) is 61.4 Å². The van der Waals surface area contributed by atoms with Crippen molar-refractivity contribution < 1.29 is 0 Å². The Bertz CT molecular complexity index is 322. The number of nitrogens with zero attached hydrogens (tertiary/aromatic N) is 1. The summed E-state index contributed by atoms with van der Waals surface area (Å²) in [5.74, 6) is 1.15. The first kappa shape index (κ1) is 9.45. The van der Waals surface area contributed by atoms with Crippen LogP contribution in [0.25, 0.3) is 0 Å². The monoisotopic (exact) mass is 182 g/mol. The fourth-order valence-corrected chi connectivity index (χ4v) is 1.33. The van der Waals surface area contributed by atoms with Crippen LogP contribution in [0.15, 0.2) is 29.3 Å². The molecule has 0 amide bonds. The van der Waals surface area contributed by atoms with Gasteiger partial charge in [0, 0.05) is 12.1 Å². The van der Waals surface area contributed by atoms with Gasteiger partial charge in [-0.2, -0.15) is 0 Å². The zero-order chi connectivity index (χ0) is 9.80. The largest absolute Gasteiger partial charge is 0.260 e. The highest BCUT2D eigenvalue weighted by atomic mass is 14.7. The van der Waals surface area contributed by atoms with E-state index < -0.39 is 0 Å². The zero-order valence-corrected chi connectivity index (χ0v) is 8.14. The fourth-order valence-electron chi connectivity index (χ4n) is 1.33. The lowest BCUT2D eigenvalue weighted by atomic mass is 10.1. The van der Waals surface area contributed by atoms with E-state index in [0.29, 0.717) is 0 Å². The molecule has 5 radical (unpaired) electrons. The first-order chi connectivity index (χ1) is 6.86. The maximum absolute atomic E-state index is 4.42. The molecule has 1 heteroatoms. The predicted molar refractivity (Wildman–Crippen MR) is 59.8 cm³/mol. The van der Waals surface area contributed by atoms with Gasteiger partial charge in [0.15, 0.2) is 0 Å². The smallest absolute Gasteiger partial charge is 0.0655 e. The number of rotatable bonds is 2. The van der Waals surface area contributed by atoms with E-state index in [0.717, 1.165) is 11.6 Å². The van der Waals surface area contributed by atoms with Gasteiger partial charge in [-0.25, -0.2) is 0 Å². The molecule has 1 aliphatic rings. The normalized spacial score (nSPS) is 18.1. The summed E-state index contributed by atoms with van der Waals surface area (Å²) in [5, 5.41) is 0. The molecule has 0 atom stereocenters. The summed E-state index contributed by atoms with van der Waals surface area (Å²) in [5.41, 5.74) is 2.24. The van der Waals surface area contributed by atoms with Gasteiger partial charge in [-0.05, 0) is 44.2 Å². The molecule has 0 N–H and O–H groups in total. The summed E-state index contributed by atoms with van der Waals surface area (Å²) in [4.78, 5) is 4.42. The molecule has 0 bridgehead atoms. The van der Waals surface area contributed by atoms with Crippen molar-refractivity contribution in [2.24, 2.45) is 4.99 Å². The molecule has 0 heterocycles. The zero-order valence-electron chi connectivity index (χ0n) is 8.14. The first-order valence-corrected chi connectivity index (χ1v) is 4.68. The van der Waals surface area contributed by atoms with Crippen LogP contribution in [0.3, 0.4) is 0 Å². The van der Waals surface area contributed by atoms with E-state index in [1.165, 1.54) is 5.56 Å². The van der Waals surface area contributed by atoms with Crippen molar-refractivity contribution in [1.82, 2.24) is 0 Å². The van der Waals surface area contributed by atoms with Crippen molar-refractivity contribution in [2.45, 2.75) is 6.92 Å². The third-order valence-corrected chi connectivity index (χ3v) is 2.16. The van der Waals surface area contributed by atoms with Gasteiger partial charge >= 0.3 is 0 Å². The third-order valence-electron chi connectivity index (χ3n) is 2.16. The first-order valence-electron chi connectivity index (χ1n) is 4.68. The molecule has 1 fully saturated rings. The second-order valence-corrected chi connectivity index (χ2v) is 3.26. The lowest BCUT2D eigenvalue weighted by molar-refractivity contribution is 1.38. The molecule has 1 aromatic carbocycles. The summed E-state index contributed by atoms with van der Waals surface area (Å²) >= 11 is 0. The van der Waals surface area contributed by atoms with Gasteiger partial charge < -0.3 is 0 Å². The molecule has 0 aliphatic heterocycles. The highest BCUT2D eigenvalue weighted by Gasteiger charge is 2.14. The lowest BCUT2D eigenvalue weighted by Crippen LogP contribution is -1.91. The van der Waals surface area contributed by atoms with Crippen molar-refractivity contribution in [3.8, 4) is 0 Å². The number of aryl methyl sites for hydroxylation is 1. The molecule has 0 unspecified atom stereocenters. The molecule has 1 saturated carbocycles. The van der Waals surface area contributed by atoms with E-state index >= 15 is 0 Å². The summed E-state index contributed by atoms with van der Waals surface area (Å²) in [6.45, 7) is 2.07. The van der Waals surface area contributed by atoms with Gasteiger partial charge in [0.05, 0.1) is 5.69 Å². The maximum atomic E-state index is 4.42. The third kappa shape index (κ3) is 2.22. The molecule has 1 nitrogen and oxygen atoms in total. The van der Waals surface area contributed by atoms with Crippen LogP contribution in [-0.2, 0) is 0 Å². The number of hydrogen-bond donors (Lipinski definition) is 0. The molecule has 69 valence electrons. The number of para-hydroxylation sites is 1. The minimum atomic E-state index is 1.04. The van der Waals surface area contributed by atoms with Crippen molar-refractivity contribution in [2.75, 3.05) is 0 Å². The Morgan fingerprint density at radius 2 is 1.79 bits per heavy atom. The molecule has 14 heavy (non-hydrogen) atoms. The lowest BCUT2D eigenvalue weighted by Gasteiger charge is -2.00. The van der Waals surface area contributed by atoms with E-state index in [-0.39, 0.29) is 0 Å². The van der Waals surface area contributed by atoms with Crippen LogP contribution in [0.1, 0.15) is 5.56 Å². The average Bonchev–Trinajstić information content (AvgIpc) is 2.69. The Hall–Kier alpha value is -1.11. The summed E-state index contributed by atoms with van der Waals surface area (Å²) in [6, 6.07) is 8.12. The predicted octanol–water partition coefficient (Wildman–Crippen LogP) is 3.10. The molecule has 0 spiro atoms. The van der Waals surface area contributed by atoms with Crippen LogP contribution in [0.4, 0.5) is 5.69 Å². The fraction of sp³-hybridized carbons (Fsp3) is 0.0769. The van der Waals surface area contributed by atoms with Gasteiger partial charge in [0.25, 0.3) is 0 Å². The molecule has 2 rings (SSSR count). The van der Waals surface area contributed by atoms with Gasteiger partial charge in [0.1, 0.15) is 0 Å². The minimum Gasteiger partial charge on any atom is -0.260 e. The summed E-state index contributed by atoms with van der Waals surface area (Å²) in [6.07, 6.45) is 10.0. The van der Waals surface area contributed by atoms with Crippen LogP contribution in [0.5, 0.6) is 0 Å². The number of aliphatic imine (C=N–C) groups is 1. The van der Waals surface area contributed by atoms with Crippen LogP contribution in [-0.4, -0.2) is 6.21 Å². The molecule has 0 saturated heterocycles. The average molecular weight is 182 g/mol. The van der Waals surface area contributed by atoms with Crippen LogP contribution in [0.2, 0.25) is 0 Å². The summed E-state index contributed by atoms with van der Waals surface area (Å²) < 4.78 is 0. The molecular weight excluding hydrogens is 170 g/mol. The molecule has 1 aliphatic carbocycles. The van der Waals surface area contributed by atoms with E-state index in [1.807, 2.05) is 50.1 Å².